The molecule has 1 amide bonds. The molecular weight excluding hydrogens is 354 g/mol. The maximum Gasteiger partial charge on any atom is 0.245 e. The fourth-order valence-corrected chi connectivity index (χ4v) is 3.09. The van der Waals surface area contributed by atoms with Gasteiger partial charge in [0.25, 0.3) is 0 Å². The van der Waals surface area contributed by atoms with Crippen LogP contribution in [-0.2, 0) is 14.8 Å². The number of hydrogen-bond donors (Lipinski definition) is 1. The van der Waals surface area contributed by atoms with Crippen molar-refractivity contribution in [2.24, 2.45) is 0 Å². The predicted molar refractivity (Wildman–Crippen MR) is 99.6 cm³/mol. The fourth-order valence-electron chi connectivity index (χ4n) is 2.23. The maximum atomic E-state index is 12.3. The minimum atomic E-state index is -3.65. The van der Waals surface area contributed by atoms with Gasteiger partial charge in [0.1, 0.15) is 12.3 Å². The minimum absolute atomic E-state index is 0.367. The van der Waals surface area contributed by atoms with Gasteiger partial charge in [-0.05, 0) is 55.5 Å². The molecule has 2 rings (SSSR count). The van der Waals surface area contributed by atoms with Gasteiger partial charge in [-0.15, -0.1) is 0 Å². The van der Waals surface area contributed by atoms with Crippen molar-refractivity contribution in [3.8, 4) is 11.8 Å². The Morgan fingerprint density at radius 1 is 1.15 bits per heavy atom. The average Bonchev–Trinajstić information content (AvgIpc) is 2.60. The second-order valence-electron chi connectivity index (χ2n) is 5.43. The van der Waals surface area contributed by atoms with E-state index >= 15 is 0 Å². The van der Waals surface area contributed by atoms with E-state index in [0.29, 0.717) is 29.3 Å². The van der Waals surface area contributed by atoms with E-state index in [-0.39, 0.29) is 6.54 Å². The third-order valence-electron chi connectivity index (χ3n) is 3.42. The summed E-state index contributed by atoms with van der Waals surface area (Å²) in [4.78, 5) is 12.3. The largest absolute Gasteiger partial charge is 0.494 e. The van der Waals surface area contributed by atoms with Crippen LogP contribution in [0.15, 0.2) is 48.5 Å². The summed E-state index contributed by atoms with van der Waals surface area (Å²) in [6.07, 6.45) is 1.04. The summed E-state index contributed by atoms with van der Waals surface area (Å²) in [5, 5.41) is 11.4. The molecule has 7 nitrogen and oxygen atoms in total. The minimum Gasteiger partial charge on any atom is -0.494 e. The van der Waals surface area contributed by atoms with Crippen molar-refractivity contribution in [1.29, 1.82) is 5.26 Å². The van der Waals surface area contributed by atoms with E-state index < -0.39 is 15.9 Å². The summed E-state index contributed by atoms with van der Waals surface area (Å²) in [5.74, 6) is 0.126. The highest BCUT2D eigenvalue weighted by atomic mass is 32.2. The molecule has 0 aliphatic heterocycles. The monoisotopic (exact) mass is 373 g/mol. The number of benzene rings is 2. The molecule has 0 unspecified atom stereocenters. The number of nitrogens with one attached hydrogen (secondary N) is 1. The number of amides is 1. The number of anilines is 2. The highest BCUT2D eigenvalue weighted by Gasteiger charge is 2.21. The van der Waals surface area contributed by atoms with Crippen LogP contribution in [0.5, 0.6) is 5.75 Å². The molecule has 0 fully saturated rings. The Labute approximate surface area is 152 Å². The van der Waals surface area contributed by atoms with Crippen molar-refractivity contribution in [1.82, 2.24) is 0 Å². The summed E-state index contributed by atoms with van der Waals surface area (Å²) in [6, 6.07) is 14.7. The summed E-state index contributed by atoms with van der Waals surface area (Å²) in [5.41, 5.74) is 1.32. The molecule has 0 heterocycles. The molecule has 0 atom stereocenters. The first-order valence-corrected chi connectivity index (χ1v) is 9.69. The molecule has 0 spiro atoms. The fraction of sp³-hybridized carbons (Fsp3) is 0.222. The van der Waals surface area contributed by atoms with Gasteiger partial charge in [-0.25, -0.2) is 8.42 Å². The molecule has 0 aromatic heterocycles. The highest BCUT2D eigenvalue weighted by molar-refractivity contribution is 7.92. The van der Waals surface area contributed by atoms with E-state index in [0.717, 1.165) is 10.6 Å². The van der Waals surface area contributed by atoms with Crippen molar-refractivity contribution >= 4 is 27.3 Å². The van der Waals surface area contributed by atoms with Crippen LogP contribution in [0.2, 0.25) is 0 Å². The van der Waals surface area contributed by atoms with Gasteiger partial charge < -0.3 is 10.1 Å². The zero-order chi connectivity index (χ0) is 19.2. The second kappa shape index (κ2) is 8.36. The van der Waals surface area contributed by atoms with Gasteiger partial charge in [0.15, 0.2) is 0 Å². The van der Waals surface area contributed by atoms with Crippen LogP contribution in [0.25, 0.3) is 0 Å². The normalized spacial score (nSPS) is 10.7. The van der Waals surface area contributed by atoms with Gasteiger partial charge >= 0.3 is 0 Å². The smallest absolute Gasteiger partial charge is 0.245 e. The summed E-state index contributed by atoms with van der Waals surface area (Å²) >= 11 is 0. The number of nitriles is 1. The van der Waals surface area contributed by atoms with Gasteiger partial charge in [-0.2, -0.15) is 5.26 Å². The zero-order valence-electron chi connectivity index (χ0n) is 14.5. The lowest BCUT2D eigenvalue weighted by Gasteiger charge is -2.22. The first-order valence-electron chi connectivity index (χ1n) is 7.84. The van der Waals surface area contributed by atoms with Crippen LogP contribution in [0.4, 0.5) is 11.4 Å². The number of carbonyl (C=O) groups is 1. The number of carbonyl (C=O) groups excluding carboxylic acids is 1. The number of hydrogen-bond acceptors (Lipinski definition) is 5. The van der Waals surface area contributed by atoms with Crippen LogP contribution < -0.4 is 14.4 Å². The summed E-state index contributed by atoms with van der Waals surface area (Å²) in [7, 11) is -3.65. The van der Waals surface area contributed by atoms with Crippen LogP contribution in [0, 0.1) is 11.3 Å². The maximum absolute atomic E-state index is 12.3. The topological polar surface area (TPSA) is 99.5 Å². The Balaban J connectivity index is 2.14. The molecule has 136 valence electrons. The molecular formula is C18H19N3O4S. The van der Waals surface area contributed by atoms with Gasteiger partial charge in [-0.1, -0.05) is 0 Å². The lowest BCUT2D eigenvalue weighted by atomic mass is 10.2. The van der Waals surface area contributed by atoms with Gasteiger partial charge in [0.05, 0.1) is 30.2 Å². The lowest BCUT2D eigenvalue weighted by molar-refractivity contribution is -0.114. The van der Waals surface area contributed by atoms with Crippen LogP contribution in [-0.4, -0.2) is 33.7 Å². The van der Waals surface area contributed by atoms with E-state index in [1.807, 2.05) is 13.0 Å². The van der Waals surface area contributed by atoms with E-state index in [2.05, 4.69) is 5.32 Å². The molecule has 1 N–H and O–H groups in total. The van der Waals surface area contributed by atoms with E-state index in [1.54, 1.807) is 48.5 Å². The number of nitrogens with zero attached hydrogens (tertiary/aromatic N) is 2. The van der Waals surface area contributed by atoms with Crippen molar-refractivity contribution in [2.75, 3.05) is 29.0 Å². The van der Waals surface area contributed by atoms with Gasteiger partial charge in [0, 0.05) is 5.69 Å². The predicted octanol–water partition coefficient (Wildman–Crippen LogP) is 2.36. The van der Waals surface area contributed by atoms with Gasteiger partial charge in [-0.3, -0.25) is 9.10 Å². The first kappa shape index (κ1) is 19.3. The molecule has 0 saturated carbocycles. The van der Waals surface area contributed by atoms with Crippen LogP contribution in [0.3, 0.4) is 0 Å². The molecule has 0 radical (unpaired) electrons. The molecule has 8 heteroatoms. The van der Waals surface area contributed by atoms with Crippen molar-refractivity contribution in [3.05, 3.63) is 54.1 Å². The third-order valence-corrected chi connectivity index (χ3v) is 4.56. The summed E-state index contributed by atoms with van der Waals surface area (Å²) in [6.45, 7) is 1.99. The molecule has 2 aromatic rings. The third kappa shape index (κ3) is 5.22. The van der Waals surface area contributed by atoms with E-state index in [1.165, 1.54) is 0 Å². The summed E-state index contributed by atoms with van der Waals surface area (Å²) < 4.78 is 30.5. The Morgan fingerprint density at radius 3 is 2.27 bits per heavy atom. The first-order chi connectivity index (χ1) is 12.3. The molecule has 0 saturated heterocycles. The Morgan fingerprint density at radius 2 is 1.77 bits per heavy atom. The Kier molecular flexibility index (Phi) is 6.20. The van der Waals surface area contributed by atoms with Gasteiger partial charge in [0.2, 0.25) is 15.9 Å². The average molecular weight is 373 g/mol. The molecule has 26 heavy (non-hydrogen) atoms. The quantitative estimate of drug-likeness (QED) is 0.803. The van der Waals surface area contributed by atoms with Crippen molar-refractivity contribution in [2.45, 2.75) is 6.92 Å². The SMILES string of the molecule is CCOc1ccc(N(CC(=O)Nc2ccc(C#N)cc2)S(C)(=O)=O)cc1. The highest BCUT2D eigenvalue weighted by Crippen LogP contribution is 2.21. The lowest BCUT2D eigenvalue weighted by Crippen LogP contribution is -2.37. The van der Waals surface area contributed by atoms with Crippen LogP contribution in [0.1, 0.15) is 12.5 Å². The number of ether oxygens (including phenoxy) is 1. The molecule has 2 aromatic carbocycles. The second-order valence-corrected chi connectivity index (χ2v) is 7.34. The number of sulfonamides is 1. The zero-order valence-corrected chi connectivity index (χ0v) is 15.3. The van der Waals surface area contributed by atoms with Crippen LogP contribution >= 0.6 is 0 Å². The van der Waals surface area contributed by atoms with Crippen molar-refractivity contribution < 1.29 is 17.9 Å². The van der Waals surface area contributed by atoms with Crippen molar-refractivity contribution in [3.63, 3.8) is 0 Å². The molecule has 0 aliphatic carbocycles. The number of rotatable bonds is 7. The van der Waals surface area contributed by atoms with E-state index in [9.17, 15) is 13.2 Å². The molecule has 0 aliphatic rings. The standard InChI is InChI=1S/C18H19N3O4S/c1-3-25-17-10-8-16(9-11-17)21(26(2,23)24)13-18(22)20-15-6-4-14(12-19)5-7-15/h4-11H,3,13H2,1-2H3,(H,20,22). The van der Waals surface area contributed by atoms with E-state index in [4.69, 9.17) is 10.00 Å². The Hall–Kier alpha value is -3.05. The Bertz CT molecular complexity index is 901. The molecule has 0 bridgehead atoms.